The maximum Gasteiger partial charge on any atom is 0.306 e. The van der Waals surface area contributed by atoms with Crippen LogP contribution in [0.15, 0.2) is 109 Å². The Morgan fingerprint density at radius 1 is 0.324 bits per heavy atom. The number of esters is 3. The van der Waals surface area contributed by atoms with Gasteiger partial charge in [0.2, 0.25) is 0 Å². The molecule has 0 aliphatic rings. The van der Waals surface area contributed by atoms with Crippen molar-refractivity contribution in [2.45, 2.75) is 252 Å². The summed E-state index contributed by atoms with van der Waals surface area (Å²) >= 11 is 0. The molecule has 0 saturated carbocycles. The van der Waals surface area contributed by atoms with E-state index in [4.69, 9.17) is 14.2 Å². The molecular formula is C62H102O6. The largest absolute Gasteiger partial charge is 0.462 e. The maximum atomic E-state index is 12.8. The predicted octanol–water partition coefficient (Wildman–Crippen LogP) is 18.7. The average Bonchev–Trinajstić information content (AvgIpc) is 3.34. The first-order valence-corrected chi connectivity index (χ1v) is 27.9. The van der Waals surface area contributed by atoms with Crippen molar-refractivity contribution in [3.63, 3.8) is 0 Å². The SMILES string of the molecule is CC/C=C\C/C=C\C/C=C\C/C=C\CCCCCCCCC(=O)OCC(COC(=O)CCCCC/C=C\CCCCCCCC)OC(=O)CCCCCCC\C=C/C=C\C=C/C=C\CCCCC. The molecule has 0 fully saturated rings. The van der Waals surface area contributed by atoms with Gasteiger partial charge in [0.05, 0.1) is 0 Å². The Labute approximate surface area is 419 Å². The summed E-state index contributed by atoms with van der Waals surface area (Å²) in [6.07, 6.45) is 74.9. The minimum Gasteiger partial charge on any atom is -0.462 e. The third-order valence-electron chi connectivity index (χ3n) is 11.6. The van der Waals surface area contributed by atoms with Crippen molar-refractivity contribution in [3.05, 3.63) is 109 Å². The zero-order valence-electron chi connectivity index (χ0n) is 44.1. The molecule has 1 unspecified atom stereocenters. The standard InChI is InChI=1S/C62H102O6/c1-4-7-10-13-16-19-22-25-27-29-31-33-34-37-40-43-46-49-52-55-61(64)67-58-59(57-66-60(63)54-51-48-45-42-39-36-24-21-18-15-12-9-6-3)68-62(65)56-53-50-47-44-41-38-35-32-30-28-26-23-20-17-14-11-8-5-2/h7,10,16-17,19-20,23,25-28,30-33,35-36,39,59H,4-6,8-9,11-15,18,21-22,24,29,34,37-38,40-58H2,1-3H3/b10-7-,19-16-,20-17-,26-23-,27-25-,30-28-,33-31-,35-32-,39-36-. The van der Waals surface area contributed by atoms with E-state index in [-0.39, 0.29) is 31.1 Å². The van der Waals surface area contributed by atoms with Crippen LogP contribution in [0.5, 0.6) is 0 Å². The molecular weight excluding hydrogens is 841 g/mol. The van der Waals surface area contributed by atoms with E-state index in [2.05, 4.69) is 130 Å². The smallest absolute Gasteiger partial charge is 0.306 e. The van der Waals surface area contributed by atoms with Crippen molar-refractivity contribution in [1.29, 1.82) is 0 Å². The van der Waals surface area contributed by atoms with Gasteiger partial charge in [0.15, 0.2) is 6.10 Å². The van der Waals surface area contributed by atoms with Crippen LogP contribution in [0, 0.1) is 0 Å². The van der Waals surface area contributed by atoms with Crippen molar-refractivity contribution in [2.75, 3.05) is 13.2 Å². The number of unbranched alkanes of at least 4 members (excludes halogenated alkanes) is 23. The van der Waals surface area contributed by atoms with Crippen molar-refractivity contribution >= 4 is 17.9 Å². The number of hydrogen-bond acceptors (Lipinski definition) is 6. The summed E-state index contributed by atoms with van der Waals surface area (Å²) in [5.74, 6) is -0.955. The van der Waals surface area contributed by atoms with Gasteiger partial charge >= 0.3 is 17.9 Å². The fourth-order valence-corrected chi connectivity index (χ4v) is 7.38. The zero-order valence-corrected chi connectivity index (χ0v) is 44.1. The van der Waals surface area contributed by atoms with Gasteiger partial charge < -0.3 is 14.2 Å². The van der Waals surface area contributed by atoms with Crippen molar-refractivity contribution in [2.24, 2.45) is 0 Å². The van der Waals surface area contributed by atoms with Crippen LogP contribution in [0.25, 0.3) is 0 Å². The molecule has 0 saturated heterocycles. The molecule has 0 spiro atoms. The van der Waals surface area contributed by atoms with Crippen LogP contribution in [0.2, 0.25) is 0 Å². The lowest BCUT2D eigenvalue weighted by Gasteiger charge is -2.18. The van der Waals surface area contributed by atoms with Crippen LogP contribution in [0.1, 0.15) is 245 Å². The molecule has 6 nitrogen and oxygen atoms in total. The second-order valence-corrected chi connectivity index (χ2v) is 18.2. The Hall–Kier alpha value is -3.93. The Balaban J connectivity index is 4.49. The topological polar surface area (TPSA) is 78.9 Å². The highest BCUT2D eigenvalue weighted by molar-refractivity contribution is 5.71. The first-order chi connectivity index (χ1) is 33.5. The maximum absolute atomic E-state index is 12.8. The van der Waals surface area contributed by atoms with Gasteiger partial charge in [-0.15, -0.1) is 0 Å². The number of carbonyl (C=O) groups excluding carboxylic acids is 3. The van der Waals surface area contributed by atoms with E-state index in [1.54, 1.807) is 0 Å². The predicted molar refractivity (Wildman–Crippen MR) is 293 cm³/mol. The first-order valence-electron chi connectivity index (χ1n) is 27.9. The summed E-state index contributed by atoms with van der Waals surface area (Å²) < 4.78 is 16.8. The third-order valence-corrected chi connectivity index (χ3v) is 11.6. The highest BCUT2D eigenvalue weighted by Crippen LogP contribution is 2.13. The van der Waals surface area contributed by atoms with Gasteiger partial charge in [0.1, 0.15) is 13.2 Å². The number of rotatable bonds is 49. The van der Waals surface area contributed by atoms with Crippen LogP contribution in [-0.4, -0.2) is 37.2 Å². The van der Waals surface area contributed by atoms with E-state index in [1.165, 1.54) is 70.6 Å². The molecule has 1 atom stereocenters. The second kappa shape index (κ2) is 55.7. The van der Waals surface area contributed by atoms with Crippen LogP contribution in [0.4, 0.5) is 0 Å². The van der Waals surface area contributed by atoms with E-state index in [0.29, 0.717) is 19.3 Å². The van der Waals surface area contributed by atoms with Gasteiger partial charge in [0.25, 0.3) is 0 Å². The highest BCUT2D eigenvalue weighted by atomic mass is 16.6. The van der Waals surface area contributed by atoms with Crippen molar-refractivity contribution in [1.82, 2.24) is 0 Å². The van der Waals surface area contributed by atoms with Crippen molar-refractivity contribution < 1.29 is 28.6 Å². The van der Waals surface area contributed by atoms with Gasteiger partial charge in [0, 0.05) is 19.3 Å². The van der Waals surface area contributed by atoms with E-state index in [9.17, 15) is 14.4 Å². The van der Waals surface area contributed by atoms with E-state index in [1.807, 2.05) is 0 Å². The second-order valence-electron chi connectivity index (χ2n) is 18.2. The monoisotopic (exact) mass is 943 g/mol. The Bertz CT molecular complexity index is 1410. The molecule has 0 aromatic heterocycles. The van der Waals surface area contributed by atoms with Gasteiger partial charge in [-0.05, 0) is 109 Å². The molecule has 0 rings (SSSR count). The lowest BCUT2D eigenvalue weighted by atomic mass is 10.1. The molecule has 0 aromatic carbocycles. The average molecular weight is 943 g/mol. The molecule has 0 N–H and O–H groups in total. The first kappa shape index (κ1) is 64.1. The normalized spacial score (nSPS) is 12.9. The molecule has 0 aliphatic carbocycles. The van der Waals surface area contributed by atoms with E-state index < -0.39 is 6.10 Å². The lowest BCUT2D eigenvalue weighted by Crippen LogP contribution is -2.30. The van der Waals surface area contributed by atoms with Gasteiger partial charge in [-0.2, -0.15) is 0 Å². The van der Waals surface area contributed by atoms with Gasteiger partial charge in [-0.1, -0.05) is 226 Å². The lowest BCUT2D eigenvalue weighted by molar-refractivity contribution is -0.167. The summed E-state index contributed by atoms with van der Waals surface area (Å²) in [5.41, 5.74) is 0. The minimum absolute atomic E-state index is 0.102. The highest BCUT2D eigenvalue weighted by Gasteiger charge is 2.19. The number of allylic oxidation sites excluding steroid dienone is 18. The Morgan fingerprint density at radius 3 is 1.09 bits per heavy atom. The van der Waals surface area contributed by atoms with Crippen LogP contribution in [0.3, 0.4) is 0 Å². The molecule has 0 heterocycles. The fourth-order valence-electron chi connectivity index (χ4n) is 7.38. The summed E-state index contributed by atoms with van der Waals surface area (Å²) in [7, 11) is 0. The molecule has 68 heavy (non-hydrogen) atoms. The van der Waals surface area contributed by atoms with Crippen molar-refractivity contribution in [3.8, 4) is 0 Å². The third kappa shape index (κ3) is 53.0. The molecule has 386 valence electrons. The Kier molecular flexibility index (Phi) is 52.4. The van der Waals surface area contributed by atoms with Gasteiger partial charge in [-0.3, -0.25) is 14.4 Å². The van der Waals surface area contributed by atoms with Crippen LogP contribution < -0.4 is 0 Å². The summed E-state index contributed by atoms with van der Waals surface area (Å²) in [6.45, 7) is 6.43. The quantitative estimate of drug-likeness (QED) is 0.0199. The number of carbonyl (C=O) groups is 3. The molecule has 0 aromatic rings. The molecule has 0 aliphatic heterocycles. The number of hydrogen-bond donors (Lipinski definition) is 0. The van der Waals surface area contributed by atoms with E-state index >= 15 is 0 Å². The Morgan fingerprint density at radius 2 is 0.632 bits per heavy atom. The number of ether oxygens (including phenoxy) is 3. The molecule has 0 amide bonds. The summed E-state index contributed by atoms with van der Waals surface area (Å²) in [5, 5.41) is 0. The van der Waals surface area contributed by atoms with Gasteiger partial charge in [-0.25, -0.2) is 0 Å². The zero-order chi connectivity index (χ0) is 49.3. The molecule has 0 bridgehead atoms. The molecule has 6 heteroatoms. The fraction of sp³-hybridized carbons (Fsp3) is 0.661. The summed E-state index contributed by atoms with van der Waals surface area (Å²) in [6, 6.07) is 0. The van der Waals surface area contributed by atoms with Crippen LogP contribution >= 0.6 is 0 Å². The summed E-state index contributed by atoms with van der Waals surface area (Å²) in [4.78, 5) is 38.1. The molecule has 0 radical (unpaired) electrons. The van der Waals surface area contributed by atoms with Crippen LogP contribution in [-0.2, 0) is 28.6 Å². The minimum atomic E-state index is -0.805. The van der Waals surface area contributed by atoms with E-state index in [0.717, 1.165) is 135 Å².